The third kappa shape index (κ3) is 4.93. The summed E-state index contributed by atoms with van der Waals surface area (Å²) < 4.78 is 27.5. The molecule has 0 bridgehead atoms. The Balaban J connectivity index is 2.15. The summed E-state index contributed by atoms with van der Waals surface area (Å²) in [4.78, 5) is 0.270. The number of hydrogen-bond acceptors (Lipinski definition) is 2. The van der Waals surface area contributed by atoms with Gasteiger partial charge in [0.05, 0.1) is 4.90 Å². The van der Waals surface area contributed by atoms with Crippen LogP contribution < -0.4 is 4.72 Å². The van der Waals surface area contributed by atoms with Crippen molar-refractivity contribution in [3.05, 3.63) is 77.3 Å². The van der Waals surface area contributed by atoms with Crippen molar-refractivity contribution in [2.75, 3.05) is 6.54 Å². The van der Waals surface area contributed by atoms with E-state index in [4.69, 9.17) is 11.6 Å². The number of benzene rings is 2. The van der Waals surface area contributed by atoms with Gasteiger partial charge in [0.25, 0.3) is 0 Å². The van der Waals surface area contributed by atoms with Crippen LogP contribution in [-0.2, 0) is 10.0 Å². The van der Waals surface area contributed by atoms with Gasteiger partial charge in [-0.05, 0) is 43.2 Å². The molecule has 1 unspecified atom stereocenters. The van der Waals surface area contributed by atoms with Gasteiger partial charge in [-0.3, -0.25) is 0 Å². The lowest BCUT2D eigenvalue weighted by atomic mass is 9.96. The molecule has 0 fully saturated rings. The summed E-state index contributed by atoms with van der Waals surface area (Å²) in [6.07, 6.45) is 2.45. The molecule has 5 heteroatoms. The molecule has 0 aliphatic carbocycles. The Morgan fingerprint density at radius 1 is 1.22 bits per heavy atom. The van der Waals surface area contributed by atoms with Gasteiger partial charge in [-0.15, -0.1) is 6.58 Å². The van der Waals surface area contributed by atoms with E-state index < -0.39 is 10.0 Å². The van der Waals surface area contributed by atoms with Gasteiger partial charge in [0.1, 0.15) is 0 Å². The number of aryl methyl sites for hydroxylation is 1. The molecular formula is C18H20ClNO2S. The van der Waals surface area contributed by atoms with Gasteiger partial charge in [-0.1, -0.05) is 47.5 Å². The summed E-state index contributed by atoms with van der Waals surface area (Å²) in [5, 5.41) is 0.637. The van der Waals surface area contributed by atoms with Crippen molar-refractivity contribution in [3.8, 4) is 0 Å². The van der Waals surface area contributed by atoms with Crippen molar-refractivity contribution in [2.45, 2.75) is 24.2 Å². The molecule has 0 saturated carbocycles. The van der Waals surface area contributed by atoms with Crippen molar-refractivity contribution in [1.29, 1.82) is 0 Å². The molecule has 122 valence electrons. The van der Waals surface area contributed by atoms with Gasteiger partial charge in [0.2, 0.25) is 10.0 Å². The maximum Gasteiger partial charge on any atom is 0.240 e. The number of hydrogen-bond donors (Lipinski definition) is 1. The van der Waals surface area contributed by atoms with Crippen LogP contribution in [0.1, 0.15) is 23.5 Å². The van der Waals surface area contributed by atoms with Gasteiger partial charge in [0.15, 0.2) is 0 Å². The molecule has 0 radical (unpaired) electrons. The van der Waals surface area contributed by atoms with Crippen molar-refractivity contribution < 1.29 is 8.42 Å². The lowest BCUT2D eigenvalue weighted by Crippen LogP contribution is -2.28. The lowest BCUT2D eigenvalue weighted by Gasteiger charge is -2.17. The highest BCUT2D eigenvalue weighted by Crippen LogP contribution is 2.23. The number of allylic oxidation sites excluding steroid dienone is 1. The van der Waals surface area contributed by atoms with Gasteiger partial charge in [0, 0.05) is 17.5 Å². The fourth-order valence-electron chi connectivity index (χ4n) is 2.31. The van der Waals surface area contributed by atoms with Crippen LogP contribution in [0.25, 0.3) is 0 Å². The van der Waals surface area contributed by atoms with E-state index in [1.807, 2.05) is 25.1 Å². The highest BCUT2D eigenvalue weighted by molar-refractivity contribution is 7.89. The minimum absolute atomic E-state index is 0.00794. The van der Waals surface area contributed by atoms with Crippen molar-refractivity contribution in [2.24, 2.45) is 0 Å². The first-order valence-electron chi connectivity index (χ1n) is 7.35. The molecule has 0 aromatic heterocycles. The Morgan fingerprint density at radius 2 is 1.91 bits per heavy atom. The third-order valence-electron chi connectivity index (χ3n) is 3.62. The van der Waals surface area contributed by atoms with Gasteiger partial charge in [-0.2, -0.15) is 0 Å². The minimum atomic E-state index is -3.53. The summed E-state index contributed by atoms with van der Waals surface area (Å²) in [6, 6.07) is 14.3. The SMILES string of the molecule is C=CCC(CNS(=O)(=O)c1ccc(C)cc1)c1cccc(Cl)c1. The standard InChI is InChI=1S/C18H20ClNO2S/c1-3-5-16(15-6-4-7-17(19)12-15)13-20-23(21,22)18-10-8-14(2)9-11-18/h3-4,6-12,16,20H,1,5,13H2,2H3. The summed E-state index contributed by atoms with van der Waals surface area (Å²) >= 11 is 6.03. The van der Waals surface area contributed by atoms with Crippen LogP contribution >= 0.6 is 11.6 Å². The van der Waals surface area contributed by atoms with Crippen molar-refractivity contribution in [3.63, 3.8) is 0 Å². The fourth-order valence-corrected chi connectivity index (χ4v) is 3.59. The maximum absolute atomic E-state index is 12.4. The van der Waals surface area contributed by atoms with Crippen LogP contribution in [0, 0.1) is 6.92 Å². The van der Waals surface area contributed by atoms with Gasteiger partial charge < -0.3 is 0 Å². The minimum Gasteiger partial charge on any atom is -0.211 e. The number of sulfonamides is 1. The van der Waals surface area contributed by atoms with Crippen LogP contribution in [0.15, 0.2) is 66.1 Å². The summed E-state index contributed by atoms with van der Waals surface area (Å²) in [7, 11) is -3.53. The first-order chi connectivity index (χ1) is 10.9. The zero-order valence-electron chi connectivity index (χ0n) is 13.0. The van der Waals surface area contributed by atoms with Crippen LogP contribution in [0.5, 0.6) is 0 Å². The molecule has 0 aliphatic heterocycles. The molecule has 1 N–H and O–H groups in total. The predicted molar refractivity (Wildman–Crippen MR) is 95.4 cm³/mol. The van der Waals surface area contributed by atoms with E-state index in [0.717, 1.165) is 11.1 Å². The number of rotatable bonds is 7. The molecule has 1 atom stereocenters. The normalized spacial score (nSPS) is 12.8. The van der Waals surface area contributed by atoms with Gasteiger partial charge in [-0.25, -0.2) is 13.1 Å². The molecule has 0 saturated heterocycles. The highest BCUT2D eigenvalue weighted by atomic mass is 35.5. The van der Waals surface area contributed by atoms with E-state index in [-0.39, 0.29) is 10.8 Å². The molecule has 23 heavy (non-hydrogen) atoms. The molecule has 2 aromatic carbocycles. The quantitative estimate of drug-likeness (QED) is 0.758. The van der Waals surface area contributed by atoms with Crippen LogP contribution in [0.2, 0.25) is 5.02 Å². The maximum atomic E-state index is 12.4. The first-order valence-corrected chi connectivity index (χ1v) is 9.21. The Labute approximate surface area is 143 Å². The van der Waals surface area contributed by atoms with Crippen molar-refractivity contribution >= 4 is 21.6 Å². The second-order valence-corrected chi connectivity index (χ2v) is 7.64. The average Bonchev–Trinajstić information content (AvgIpc) is 2.52. The Hall–Kier alpha value is -1.62. The summed E-state index contributed by atoms with van der Waals surface area (Å²) in [5.41, 5.74) is 2.01. The van der Waals surface area contributed by atoms with E-state index >= 15 is 0 Å². The van der Waals surface area contributed by atoms with E-state index in [1.54, 1.807) is 36.4 Å². The average molecular weight is 350 g/mol. The monoisotopic (exact) mass is 349 g/mol. The molecular weight excluding hydrogens is 330 g/mol. The summed E-state index contributed by atoms with van der Waals surface area (Å²) in [5.74, 6) is -0.00794. The molecule has 3 nitrogen and oxygen atoms in total. The topological polar surface area (TPSA) is 46.2 Å². The summed E-state index contributed by atoms with van der Waals surface area (Å²) in [6.45, 7) is 5.96. The second kappa shape index (κ2) is 7.77. The smallest absolute Gasteiger partial charge is 0.211 e. The van der Waals surface area contributed by atoms with E-state index in [9.17, 15) is 8.42 Å². The third-order valence-corrected chi connectivity index (χ3v) is 5.30. The fraction of sp³-hybridized carbons (Fsp3) is 0.222. The molecule has 0 spiro atoms. The molecule has 0 aliphatic rings. The first kappa shape index (κ1) is 17.7. The highest BCUT2D eigenvalue weighted by Gasteiger charge is 2.17. The predicted octanol–water partition coefficient (Wildman–Crippen LogP) is 4.29. The number of halogens is 1. The van der Waals surface area contributed by atoms with Gasteiger partial charge >= 0.3 is 0 Å². The van der Waals surface area contributed by atoms with Crippen molar-refractivity contribution in [1.82, 2.24) is 4.72 Å². The molecule has 2 rings (SSSR count). The largest absolute Gasteiger partial charge is 0.240 e. The Kier molecular flexibility index (Phi) is 5.99. The van der Waals surface area contributed by atoms with Crippen LogP contribution in [-0.4, -0.2) is 15.0 Å². The van der Waals surface area contributed by atoms with E-state index in [1.165, 1.54) is 0 Å². The zero-order valence-corrected chi connectivity index (χ0v) is 14.6. The van der Waals surface area contributed by atoms with Crippen LogP contribution in [0.4, 0.5) is 0 Å². The van der Waals surface area contributed by atoms with E-state index in [0.29, 0.717) is 18.0 Å². The van der Waals surface area contributed by atoms with E-state index in [2.05, 4.69) is 11.3 Å². The molecule has 0 heterocycles. The lowest BCUT2D eigenvalue weighted by molar-refractivity contribution is 0.570. The molecule has 2 aromatic rings. The zero-order chi connectivity index (χ0) is 16.9. The Bertz CT molecular complexity index is 770. The Morgan fingerprint density at radius 3 is 2.52 bits per heavy atom. The van der Waals surface area contributed by atoms with Crippen LogP contribution in [0.3, 0.4) is 0 Å². The second-order valence-electron chi connectivity index (χ2n) is 5.44. The number of nitrogens with one attached hydrogen (secondary N) is 1. The molecule has 0 amide bonds.